The molecule has 6 heteroatoms. The number of furan rings is 1. The van der Waals surface area contributed by atoms with Crippen molar-refractivity contribution in [1.82, 2.24) is 10.2 Å². The van der Waals surface area contributed by atoms with Gasteiger partial charge in [0.25, 0.3) is 0 Å². The van der Waals surface area contributed by atoms with Crippen molar-refractivity contribution in [3.8, 4) is 0 Å². The molecule has 0 atom stereocenters. The zero-order chi connectivity index (χ0) is 14.4. The first-order valence-electron chi connectivity index (χ1n) is 6.29. The Bertz CT molecular complexity index is 453. The number of hydrogen-bond acceptors (Lipinski definition) is 4. The maximum atomic E-state index is 11.5. The van der Waals surface area contributed by atoms with Gasteiger partial charge in [-0.1, -0.05) is 6.92 Å². The van der Waals surface area contributed by atoms with E-state index < -0.39 is 5.97 Å². The number of carboxylic acids is 1. The number of aromatic carboxylic acids is 1. The van der Waals surface area contributed by atoms with Crippen LogP contribution in [0.15, 0.2) is 10.5 Å². The van der Waals surface area contributed by atoms with Crippen molar-refractivity contribution >= 4 is 11.9 Å². The van der Waals surface area contributed by atoms with Gasteiger partial charge in [-0.15, -0.1) is 0 Å². The predicted octanol–water partition coefficient (Wildman–Crippen LogP) is 1.24. The lowest BCUT2D eigenvalue weighted by molar-refractivity contribution is -0.122. The maximum Gasteiger partial charge on any atom is 0.372 e. The average Bonchev–Trinajstić information content (AvgIpc) is 2.69. The molecule has 0 aromatic carbocycles. The highest BCUT2D eigenvalue weighted by molar-refractivity contribution is 5.86. The van der Waals surface area contributed by atoms with Gasteiger partial charge in [0.2, 0.25) is 11.7 Å². The van der Waals surface area contributed by atoms with Crippen LogP contribution in [0.2, 0.25) is 0 Å². The van der Waals surface area contributed by atoms with Gasteiger partial charge in [-0.2, -0.15) is 0 Å². The van der Waals surface area contributed by atoms with Gasteiger partial charge in [-0.25, -0.2) is 4.79 Å². The molecular formula is C13H20N2O4. The first-order valence-corrected chi connectivity index (χ1v) is 6.29. The van der Waals surface area contributed by atoms with Crippen molar-refractivity contribution in [3.63, 3.8) is 0 Å². The van der Waals surface area contributed by atoms with Crippen LogP contribution in [0.3, 0.4) is 0 Å². The minimum atomic E-state index is -1.07. The van der Waals surface area contributed by atoms with Crippen LogP contribution in [0, 0.1) is 6.92 Å². The highest BCUT2D eigenvalue weighted by Crippen LogP contribution is 2.16. The number of carboxylic acid groups (broad SMARTS) is 1. The van der Waals surface area contributed by atoms with E-state index in [9.17, 15) is 9.59 Å². The van der Waals surface area contributed by atoms with Crippen molar-refractivity contribution in [2.24, 2.45) is 0 Å². The van der Waals surface area contributed by atoms with Crippen LogP contribution in [0.1, 0.15) is 35.7 Å². The summed E-state index contributed by atoms with van der Waals surface area (Å²) >= 11 is 0. The quantitative estimate of drug-likeness (QED) is 0.777. The van der Waals surface area contributed by atoms with Crippen molar-refractivity contribution < 1.29 is 19.1 Å². The van der Waals surface area contributed by atoms with Crippen LogP contribution in [0.25, 0.3) is 0 Å². The van der Waals surface area contributed by atoms with Gasteiger partial charge in [-0.05, 0) is 26.5 Å². The average molecular weight is 268 g/mol. The summed E-state index contributed by atoms with van der Waals surface area (Å²) in [6.07, 6.45) is 0. The third kappa shape index (κ3) is 4.40. The normalized spacial score (nSPS) is 10.7. The van der Waals surface area contributed by atoms with Crippen molar-refractivity contribution in [1.29, 1.82) is 0 Å². The molecule has 0 spiro atoms. The van der Waals surface area contributed by atoms with E-state index in [1.165, 1.54) is 0 Å². The first kappa shape index (κ1) is 15.2. The molecule has 19 heavy (non-hydrogen) atoms. The highest BCUT2D eigenvalue weighted by atomic mass is 16.4. The molecule has 106 valence electrons. The third-order valence-corrected chi connectivity index (χ3v) is 2.73. The van der Waals surface area contributed by atoms with E-state index in [0.29, 0.717) is 31.0 Å². The predicted molar refractivity (Wildman–Crippen MR) is 70.0 cm³/mol. The lowest BCUT2D eigenvalue weighted by atomic mass is 10.2. The Morgan fingerprint density at radius 1 is 1.42 bits per heavy atom. The molecule has 0 unspecified atom stereocenters. The van der Waals surface area contributed by atoms with Crippen molar-refractivity contribution in [2.45, 2.75) is 27.3 Å². The van der Waals surface area contributed by atoms with Gasteiger partial charge in [0.15, 0.2) is 0 Å². The molecule has 0 saturated carbocycles. The SMILES string of the molecule is CCNC(=O)CN(CC)Cc1cc(C)c(C(=O)O)o1. The molecule has 0 fully saturated rings. The monoisotopic (exact) mass is 268 g/mol. The first-order chi connectivity index (χ1) is 8.97. The van der Waals surface area contributed by atoms with Crippen LogP contribution in [-0.4, -0.2) is 41.5 Å². The lowest BCUT2D eigenvalue weighted by Gasteiger charge is -2.18. The Morgan fingerprint density at radius 2 is 2.11 bits per heavy atom. The topological polar surface area (TPSA) is 82.8 Å². The van der Waals surface area contributed by atoms with Gasteiger partial charge in [0.1, 0.15) is 5.76 Å². The zero-order valence-electron chi connectivity index (χ0n) is 11.5. The van der Waals surface area contributed by atoms with E-state index >= 15 is 0 Å². The largest absolute Gasteiger partial charge is 0.475 e. The third-order valence-electron chi connectivity index (χ3n) is 2.73. The second-order valence-electron chi connectivity index (χ2n) is 4.29. The number of rotatable bonds is 7. The van der Waals surface area contributed by atoms with E-state index in [2.05, 4.69) is 5.32 Å². The summed E-state index contributed by atoms with van der Waals surface area (Å²) < 4.78 is 5.28. The molecule has 6 nitrogen and oxygen atoms in total. The standard InChI is InChI=1S/C13H20N2O4/c1-4-14-11(16)8-15(5-2)7-10-6-9(3)12(19-10)13(17)18/h6H,4-5,7-8H2,1-3H3,(H,14,16)(H,17,18). The van der Waals surface area contributed by atoms with Crippen LogP contribution in [0.4, 0.5) is 0 Å². The van der Waals surface area contributed by atoms with Gasteiger partial charge in [0.05, 0.1) is 13.1 Å². The van der Waals surface area contributed by atoms with Crippen molar-refractivity contribution in [3.05, 3.63) is 23.2 Å². The number of likely N-dealkylation sites (N-methyl/N-ethyl adjacent to an activating group) is 2. The number of carbonyl (C=O) groups is 2. The lowest BCUT2D eigenvalue weighted by Crippen LogP contribution is -2.36. The molecule has 0 bridgehead atoms. The summed E-state index contributed by atoms with van der Waals surface area (Å²) in [4.78, 5) is 24.3. The number of hydrogen-bond donors (Lipinski definition) is 2. The molecule has 0 aliphatic heterocycles. The highest BCUT2D eigenvalue weighted by Gasteiger charge is 2.16. The van der Waals surface area contributed by atoms with Crippen LogP contribution in [0.5, 0.6) is 0 Å². The molecule has 1 heterocycles. The van der Waals surface area contributed by atoms with Crippen LogP contribution >= 0.6 is 0 Å². The molecule has 0 saturated heterocycles. The Labute approximate surface area is 112 Å². The second-order valence-corrected chi connectivity index (χ2v) is 4.29. The molecule has 0 radical (unpaired) electrons. The number of nitrogens with zero attached hydrogens (tertiary/aromatic N) is 1. The summed E-state index contributed by atoms with van der Waals surface area (Å²) in [6, 6.07) is 1.70. The molecule has 2 N–H and O–H groups in total. The fourth-order valence-electron chi connectivity index (χ4n) is 1.79. The second kappa shape index (κ2) is 6.94. The van der Waals surface area contributed by atoms with Crippen LogP contribution < -0.4 is 5.32 Å². The van der Waals surface area contributed by atoms with Gasteiger partial charge < -0.3 is 14.8 Å². The number of aryl methyl sites for hydroxylation is 1. The molecule has 0 aliphatic carbocycles. The van der Waals surface area contributed by atoms with Gasteiger partial charge in [-0.3, -0.25) is 9.69 Å². The summed E-state index contributed by atoms with van der Waals surface area (Å²) in [5.41, 5.74) is 0.594. The molecule has 1 rings (SSSR count). The van der Waals surface area contributed by atoms with Gasteiger partial charge in [0, 0.05) is 12.1 Å². The van der Waals surface area contributed by atoms with E-state index in [1.54, 1.807) is 13.0 Å². The van der Waals surface area contributed by atoms with Gasteiger partial charge >= 0.3 is 5.97 Å². The van der Waals surface area contributed by atoms with E-state index in [1.807, 2.05) is 18.7 Å². The number of nitrogens with one attached hydrogen (secondary N) is 1. The number of amides is 1. The molecular weight excluding hydrogens is 248 g/mol. The fourth-order valence-corrected chi connectivity index (χ4v) is 1.79. The maximum absolute atomic E-state index is 11.5. The molecule has 1 amide bonds. The summed E-state index contributed by atoms with van der Waals surface area (Å²) in [6.45, 7) is 7.46. The van der Waals surface area contributed by atoms with Crippen molar-refractivity contribution in [2.75, 3.05) is 19.6 Å². The number of carbonyl (C=O) groups excluding carboxylic acids is 1. The smallest absolute Gasteiger partial charge is 0.372 e. The Morgan fingerprint density at radius 3 is 2.58 bits per heavy atom. The van der Waals surface area contributed by atoms with E-state index in [-0.39, 0.29) is 18.2 Å². The van der Waals surface area contributed by atoms with Crippen LogP contribution in [-0.2, 0) is 11.3 Å². The minimum absolute atomic E-state index is 0.0379. The zero-order valence-corrected chi connectivity index (χ0v) is 11.5. The molecule has 0 aliphatic rings. The molecule has 1 aromatic heterocycles. The summed E-state index contributed by atoms with van der Waals surface area (Å²) in [7, 11) is 0. The Hall–Kier alpha value is -1.82. The van der Waals surface area contributed by atoms with E-state index in [0.717, 1.165) is 0 Å². The van der Waals surface area contributed by atoms with E-state index in [4.69, 9.17) is 9.52 Å². The minimum Gasteiger partial charge on any atom is -0.475 e. The summed E-state index contributed by atoms with van der Waals surface area (Å²) in [5, 5.41) is 11.6. The molecule has 1 aromatic rings. The fraction of sp³-hybridized carbons (Fsp3) is 0.538. The summed E-state index contributed by atoms with van der Waals surface area (Å²) in [5.74, 6) is -0.605. The Kier molecular flexibility index (Phi) is 5.57. The Balaban J connectivity index is 2.68.